The Hall–Kier alpha value is -2.61. The first-order valence-electron chi connectivity index (χ1n) is 8.22. The van der Waals surface area contributed by atoms with Crippen LogP contribution in [0.25, 0.3) is 11.9 Å². The Bertz CT molecular complexity index is 994. The van der Waals surface area contributed by atoms with E-state index in [9.17, 15) is 17.6 Å². The molecule has 0 aliphatic rings. The Kier molecular flexibility index (Phi) is 5.88. The highest BCUT2D eigenvalue weighted by molar-refractivity contribution is 9.10. The van der Waals surface area contributed by atoms with Gasteiger partial charge in [-0.25, -0.2) is 4.39 Å². The van der Waals surface area contributed by atoms with Gasteiger partial charge in [-0.05, 0) is 55.0 Å². The molecule has 0 saturated heterocycles. The van der Waals surface area contributed by atoms with E-state index in [4.69, 9.17) is 0 Å². The molecule has 0 aliphatic heterocycles. The SMILES string of the molecule is Cc1cc(/C=C(\F)c2ccc(OC(F)(F)F)cc2)nn1Cc1cccc(Br)c1. The van der Waals surface area contributed by atoms with E-state index in [-0.39, 0.29) is 5.56 Å². The van der Waals surface area contributed by atoms with E-state index < -0.39 is 17.9 Å². The molecule has 0 spiro atoms. The molecule has 8 heteroatoms. The van der Waals surface area contributed by atoms with Gasteiger partial charge in [-0.15, -0.1) is 13.2 Å². The van der Waals surface area contributed by atoms with Crippen molar-refractivity contribution in [1.29, 1.82) is 0 Å². The van der Waals surface area contributed by atoms with Crippen molar-refractivity contribution in [2.45, 2.75) is 19.8 Å². The zero-order chi connectivity index (χ0) is 20.3. The third kappa shape index (κ3) is 5.45. The van der Waals surface area contributed by atoms with Crippen molar-refractivity contribution in [2.24, 2.45) is 0 Å². The Labute approximate surface area is 167 Å². The minimum atomic E-state index is -4.78. The van der Waals surface area contributed by atoms with Crippen molar-refractivity contribution < 1.29 is 22.3 Å². The lowest BCUT2D eigenvalue weighted by Crippen LogP contribution is -2.16. The lowest BCUT2D eigenvalue weighted by molar-refractivity contribution is -0.274. The number of nitrogens with zero attached hydrogens (tertiary/aromatic N) is 2. The van der Waals surface area contributed by atoms with Crippen molar-refractivity contribution in [3.63, 3.8) is 0 Å². The van der Waals surface area contributed by atoms with Crippen LogP contribution in [0, 0.1) is 6.92 Å². The largest absolute Gasteiger partial charge is 0.573 e. The molecule has 146 valence electrons. The Morgan fingerprint density at radius 2 is 1.86 bits per heavy atom. The summed E-state index contributed by atoms with van der Waals surface area (Å²) < 4.78 is 57.5. The molecule has 28 heavy (non-hydrogen) atoms. The van der Waals surface area contributed by atoms with Crippen molar-refractivity contribution in [3.05, 3.63) is 81.6 Å². The molecule has 0 bridgehead atoms. The van der Waals surface area contributed by atoms with Gasteiger partial charge in [0.05, 0.1) is 12.2 Å². The first kappa shape index (κ1) is 20.1. The Morgan fingerprint density at radius 1 is 1.14 bits per heavy atom. The van der Waals surface area contributed by atoms with Gasteiger partial charge in [0.25, 0.3) is 0 Å². The average molecular weight is 455 g/mol. The zero-order valence-corrected chi connectivity index (χ0v) is 16.3. The molecule has 0 saturated carbocycles. The second kappa shape index (κ2) is 8.18. The van der Waals surface area contributed by atoms with Gasteiger partial charge < -0.3 is 4.74 Å². The molecule has 2 aromatic carbocycles. The van der Waals surface area contributed by atoms with Crippen LogP contribution in [0.15, 0.2) is 59.1 Å². The summed E-state index contributed by atoms with van der Waals surface area (Å²) >= 11 is 3.42. The number of hydrogen-bond acceptors (Lipinski definition) is 2. The summed E-state index contributed by atoms with van der Waals surface area (Å²) in [4.78, 5) is 0. The van der Waals surface area contributed by atoms with E-state index in [1.165, 1.54) is 18.2 Å². The quantitative estimate of drug-likeness (QED) is 0.418. The Balaban J connectivity index is 1.76. The maximum atomic E-state index is 14.5. The summed E-state index contributed by atoms with van der Waals surface area (Å²) in [6.07, 6.45) is -3.54. The molecule has 3 aromatic rings. The number of halogens is 5. The first-order valence-corrected chi connectivity index (χ1v) is 9.01. The lowest BCUT2D eigenvalue weighted by atomic mass is 10.1. The van der Waals surface area contributed by atoms with Crippen LogP contribution in [0.5, 0.6) is 5.75 Å². The third-order valence-corrected chi connectivity index (χ3v) is 4.35. The number of aromatic nitrogens is 2. The number of hydrogen-bond donors (Lipinski definition) is 0. The van der Waals surface area contributed by atoms with E-state index in [0.717, 1.165) is 27.9 Å². The fraction of sp³-hybridized carbons (Fsp3) is 0.150. The predicted molar refractivity (Wildman–Crippen MR) is 102 cm³/mol. The molecule has 3 rings (SSSR count). The van der Waals surface area contributed by atoms with Gasteiger partial charge in [-0.3, -0.25) is 4.68 Å². The summed E-state index contributed by atoms with van der Waals surface area (Å²) in [5.41, 5.74) is 2.44. The molecular formula is C20H15BrF4N2O. The Morgan fingerprint density at radius 3 is 2.50 bits per heavy atom. The van der Waals surface area contributed by atoms with Gasteiger partial charge in [-0.1, -0.05) is 28.1 Å². The van der Waals surface area contributed by atoms with Gasteiger partial charge in [0, 0.05) is 21.8 Å². The van der Waals surface area contributed by atoms with Crippen LogP contribution in [0.2, 0.25) is 0 Å². The summed E-state index contributed by atoms with van der Waals surface area (Å²) in [6, 6.07) is 14.1. The van der Waals surface area contributed by atoms with Crippen LogP contribution in [-0.4, -0.2) is 16.1 Å². The molecule has 0 atom stereocenters. The van der Waals surface area contributed by atoms with Crippen LogP contribution in [0.3, 0.4) is 0 Å². The van der Waals surface area contributed by atoms with Crippen LogP contribution in [0.1, 0.15) is 22.5 Å². The van der Waals surface area contributed by atoms with Crippen LogP contribution >= 0.6 is 15.9 Å². The summed E-state index contributed by atoms with van der Waals surface area (Å²) in [6.45, 7) is 2.40. The molecule has 1 heterocycles. The second-order valence-corrected chi connectivity index (χ2v) is 6.98. The van der Waals surface area contributed by atoms with Crippen molar-refractivity contribution in [3.8, 4) is 5.75 Å². The molecule has 0 unspecified atom stereocenters. The van der Waals surface area contributed by atoms with Crippen LogP contribution in [0.4, 0.5) is 17.6 Å². The van der Waals surface area contributed by atoms with E-state index in [1.807, 2.05) is 31.2 Å². The molecule has 0 radical (unpaired) electrons. The fourth-order valence-electron chi connectivity index (χ4n) is 2.60. The lowest BCUT2D eigenvalue weighted by Gasteiger charge is -2.08. The molecule has 0 fully saturated rings. The van der Waals surface area contributed by atoms with Gasteiger partial charge in [0.2, 0.25) is 0 Å². The van der Waals surface area contributed by atoms with E-state index in [1.54, 1.807) is 10.7 Å². The highest BCUT2D eigenvalue weighted by Crippen LogP contribution is 2.26. The number of benzene rings is 2. The minimum absolute atomic E-state index is 0.133. The van der Waals surface area contributed by atoms with E-state index in [2.05, 4.69) is 25.8 Å². The van der Waals surface area contributed by atoms with Crippen LogP contribution < -0.4 is 4.74 Å². The summed E-state index contributed by atoms with van der Waals surface area (Å²) in [7, 11) is 0. The van der Waals surface area contributed by atoms with Gasteiger partial charge in [0.15, 0.2) is 0 Å². The summed E-state index contributed by atoms with van der Waals surface area (Å²) in [5.74, 6) is -1.01. The fourth-order valence-corrected chi connectivity index (χ4v) is 3.05. The van der Waals surface area contributed by atoms with Crippen LogP contribution in [-0.2, 0) is 6.54 Å². The smallest absolute Gasteiger partial charge is 0.406 e. The average Bonchev–Trinajstić information content (AvgIpc) is 2.93. The molecule has 3 nitrogen and oxygen atoms in total. The highest BCUT2D eigenvalue weighted by atomic mass is 79.9. The molecule has 0 N–H and O–H groups in total. The predicted octanol–water partition coefficient (Wildman–Crippen LogP) is 6.37. The standard InChI is InChI=1S/C20H15BrF4N2O/c1-13-9-17(26-27(13)12-14-3-2-4-16(21)10-14)11-19(22)15-5-7-18(8-6-15)28-20(23,24)25/h2-11H,12H2,1H3/b19-11-. The zero-order valence-electron chi connectivity index (χ0n) is 14.7. The number of ether oxygens (including phenoxy) is 1. The number of aryl methyl sites for hydroxylation is 1. The van der Waals surface area contributed by atoms with Gasteiger partial charge >= 0.3 is 6.36 Å². The van der Waals surface area contributed by atoms with E-state index in [0.29, 0.717) is 12.2 Å². The number of alkyl halides is 3. The van der Waals surface area contributed by atoms with Gasteiger partial charge in [-0.2, -0.15) is 5.10 Å². The molecule has 1 aromatic heterocycles. The van der Waals surface area contributed by atoms with Crippen molar-refractivity contribution >= 4 is 27.8 Å². The minimum Gasteiger partial charge on any atom is -0.406 e. The van der Waals surface area contributed by atoms with Crippen molar-refractivity contribution in [2.75, 3.05) is 0 Å². The second-order valence-electron chi connectivity index (χ2n) is 6.06. The summed E-state index contributed by atoms with van der Waals surface area (Å²) in [5, 5.41) is 4.38. The first-order chi connectivity index (χ1) is 13.2. The highest BCUT2D eigenvalue weighted by Gasteiger charge is 2.31. The normalized spacial score (nSPS) is 12.3. The molecule has 0 amide bonds. The maximum absolute atomic E-state index is 14.5. The topological polar surface area (TPSA) is 27.1 Å². The monoisotopic (exact) mass is 454 g/mol. The molecule has 0 aliphatic carbocycles. The van der Waals surface area contributed by atoms with Crippen molar-refractivity contribution in [1.82, 2.24) is 9.78 Å². The number of rotatable bonds is 5. The maximum Gasteiger partial charge on any atom is 0.573 e. The van der Waals surface area contributed by atoms with E-state index >= 15 is 0 Å². The third-order valence-electron chi connectivity index (χ3n) is 3.86. The molecular weight excluding hydrogens is 440 g/mol. The van der Waals surface area contributed by atoms with Gasteiger partial charge in [0.1, 0.15) is 11.6 Å².